The molecule has 8 rings (SSSR count). The lowest BCUT2D eigenvalue weighted by atomic mass is 9.81. The topological polar surface area (TPSA) is 78.0 Å². The van der Waals surface area contributed by atoms with E-state index in [2.05, 4.69) is 4.90 Å². The van der Waals surface area contributed by atoms with Gasteiger partial charge in [-0.1, -0.05) is 45.9 Å². The second-order valence-electron chi connectivity index (χ2n) is 13.2. The van der Waals surface area contributed by atoms with Gasteiger partial charge in [0.25, 0.3) is 23.6 Å². The molecule has 0 saturated carbocycles. The van der Waals surface area contributed by atoms with Gasteiger partial charge < -0.3 is 4.90 Å². The van der Waals surface area contributed by atoms with E-state index in [1.165, 1.54) is 16.2 Å². The average Bonchev–Trinajstić information content (AvgIpc) is 3.09. The van der Waals surface area contributed by atoms with E-state index in [1.54, 1.807) is 0 Å². The lowest BCUT2D eigenvalue weighted by Gasteiger charge is -2.36. The van der Waals surface area contributed by atoms with Crippen LogP contribution in [0.15, 0.2) is 42.5 Å². The van der Waals surface area contributed by atoms with Crippen molar-refractivity contribution in [3.8, 4) is 0 Å². The zero-order valence-corrected chi connectivity index (χ0v) is 27.0. The standard InChI is InChI=1S/C39H39N3O4/c1-5-21(6-2)41-36(43)26-15-12-23-24-13-16-28-33-29(39(46)42(38(28)45)22(7-3)8-4)20-30(40-18-10-9-11-19-40)34(35(24)33)25-14-17-27(37(41)44)32(26)31(23)25/h12-17,20-22H,5-11,18-19H2,1-4H3. The van der Waals surface area contributed by atoms with Gasteiger partial charge in [0.2, 0.25) is 0 Å². The molecule has 7 nitrogen and oxygen atoms in total. The molecule has 7 heteroatoms. The maximum absolute atomic E-state index is 14.3. The van der Waals surface area contributed by atoms with Gasteiger partial charge in [0.15, 0.2) is 0 Å². The van der Waals surface area contributed by atoms with Crippen molar-refractivity contribution in [2.24, 2.45) is 0 Å². The number of imide groups is 2. The third-order valence-corrected chi connectivity index (χ3v) is 11.1. The summed E-state index contributed by atoms with van der Waals surface area (Å²) in [6.45, 7) is 9.84. The van der Waals surface area contributed by atoms with E-state index in [1.807, 2.05) is 70.2 Å². The fourth-order valence-electron chi connectivity index (χ4n) is 8.74. The van der Waals surface area contributed by atoms with Gasteiger partial charge in [-0.2, -0.15) is 0 Å². The van der Waals surface area contributed by atoms with Gasteiger partial charge in [0.05, 0.1) is 5.56 Å². The van der Waals surface area contributed by atoms with E-state index in [0.717, 1.165) is 69.3 Å². The predicted octanol–water partition coefficient (Wildman–Crippen LogP) is 8.30. The summed E-state index contributed by atoms with van der Waals surface area (Å²) in [7, 11) is 0. The van der Waals surface area contributed by atoms with Crippen molar-refractivity contribution in [2.45, 2.75) is 84.7 Å². The van der Waals surface area contributed by atoms with Crippen LogP contribution in [0.5, 0.6) is 0 Å². The molecule has 0 unspecified atom stereocenters. The fraction of sp³-hybridized carbons (Fsp3) is 0.385. The van der Waals surface area contributed by atoms with Crippen molar-refractivity contribution < 1.29 is 19.2 Å². The van der Waals surface area contributed by atoms with Crippen molar-refractivity contribution in [2.75, 3.05) is 18.0 Å². The molecule has 0 bridgehead atoms. The van der Waals surface area contributed by atoms with Crippen LogP contribution in [0, 0.1) is 0 Å². The summed E-state index contributed by atoms with van der Waals surface area (Å²) in [5.74, 6) is -0.926. The maximum atomic E-state index is 14.3. The van der Waals surface area contributed by atoms with Gasteiger partial charge in [-0.05, 0) is 90.8 Å². The van der Waals surface area contributed by atoms with E-state index < -0.39 is 0 Å². The van der Waals surface area contributed by atoms with Crippen LogP contribution in [0.3, 0.4) is 0 Å². The molecule has 3 aliphatic rings. The van der Waals surface area contributed by atoms with Crippen molar-refractivity contribution >= 4 is 72.4 Å². The number of hydrogen-bond donors (Lipinski definition) is 0. The number of nitrogens with zero attached hydrogens (tertiary/aromatic N) is 3. The van der Waals surface area contributed by atoms with Crippen LogP contribution in [-0.4, -0.2) is 58.6 Å². The van der Waals surface area contributed by atoms with E-state index >= 15 is 0 Å². The normalized spacial score (nSPS) is 17.0. The molecule has 0 N–H and O–H groups in total. The maximum Gasteiger partial charge on any atom is 0.261 e. The highest BCUT2D eigenvalue weighted by molar-refractivity contribution is 6.43. The van der Waals surface area contributed by atoms with Crippen molar-refractivity contribution in [3.05, 3.63) is 64.7 Å². The molecule has 0 spiro atoms. The molecule has 4 amide bonds. The molecule has 1 saturated heterocycles. The van der Waals surface area contributed by atoms with Crippen molar-refractivity contribution in [3.63, 3.8) is 0 Å². The smallest absolute Gasteiger partial charge is 0.261 e. The lowest BCUT2D eigenvalue weighted by molar-refractivity contribution is 0.0514. The summed E-state index contributed by atoms with van der Waals surface area (Å²) >= 11 is 0. The molecule has 0 atom stereocenters. The Labute approximate surface area is 268 Å². The van der Waals surface area contributed by atoms with Crippen LogP contribution in [-0.2, 0) is 0 Å². The minimum Gasteiger partial charge on any atom is -0.371 e. The largest absolute Gasteiger partial charge is 0.371 e. The molecule has 0 aliphatic carbocycles. The number of carbonyl (C=O) groups is 4. The number of rotatable bonds is 7. The number of hydrogen-bond acceptors (Lipinski definition) is 5. The molecule has 46 heavy (non-hydrogen) atoms. The van der Waals surface area contributed by atoms with Gasteiger partial charge in [-0.15, -0.1) is 0 Å². The Balaban J connectivity index is 1.51. The zero-order valence-electron chi connectivity index (χ0n) is 27.0. The number of benzene rings is 5. The summed E-state index contributed by atoms with van der Waals surface area (Å²) in [6.07, 6.45) is 6.11. The number of fused-ring (bicyclic) bond motifs is 2. The predicted molar refractivity (Wildman–Crippen MR) is 183 cm³/mol. The first-order valence-corrected chi connectivity index (χ1v) is 17.1. The Hall–Kier alpha value is -4.52. The highest BCUT2D eigenvalue weighted by Crippen LogP contribution is 2.50. The summed E-state index contributed by atoms with van der Waals surface area (Å²) in [6, 6.07) is 13.4. The van der Waals surface area contributed by atoms with Gasteiger partial charge in [-0.3, -0.25) is 29.0 Å². The quantitative estimate of drug-likeness (QED) is 0.105. The third-order valence-electron chi connectivity index (χ3n) is 11.1. The summed E-state index contributed by atoms with van der Waals surface area (Å²) in [4.78, 5) is 61.8. The van der Waals surface area contributed by atoms with Crippen molar-refractivity contribution in [1.29, 1.82) is 0 Å². The van der Waals surface area contributed by atoms with Crippen LogP contribution < -0.4 is 4.90 Å². The lowest BCUT2D eigenvalue weighted by Crippen LogP contribution is -2.46. The number of piperidine rings is 1. The Bertz CT molecular complexity index is 2110. The van der Waals surface area contributed by atoms with Crippen LogP contribution in [0.25, 0.3) is 43.1 Å². The van der Waals surface area contributed by atoms with Crippen LogP contribution in [0.2, 0.25) is 0 Å². The molecule has 3 heterocycles. The Morgan fingerprint density at radius 2 is 0.935 bits per heavy atom. The number of anilines is 1. The minimum atomic E-state index is -0.236. The van der Waals surface area contributed by atoms with Gasteiger partial charge >= 0.3 is 0 Å². The highest BCUT2D eigenvalue weighted by atomic mass is 16.2. The second kappa shape index (κ2) is 10.5. The molecule has 5 aromatic carbocycles. The highest BCUT2D eigenvalue weighted by Gasteiger charge is 2.40. The molecule has 0 radical (unpaired) electrons. The number of amides is 4. The van der Waals surface area contributed by atoms with Gasteiger partial charge in [0, 0.05) is 69.1 Å². The van der Waals surface area contributed by atoms with E-state index in [9.17, 15) is 19.2 Å². The van der Waals surface area contributed by atoms with Gasteiger partial charge in [0.1, 0.15) is 0 Å². The first-order chi connectivity index (χ1) is 22.4. The molecular formula is C39H39N3O4. The molecular weight excluding hydrogens is 574 g/mol. The van der Waals surface area contributed by atoms with Crippen LogP contribution in [0.1, 0.15) is 114 Å². The molecule has 1 fully saturated rings. The molecule has 3 aliphatic heterocycles. The Morgan fingerprint density at radius 1 is 0.500 bits per heavy atom. The summed E-state index contributed by atoms with van der Waals surface area (Å²) in [5.41, 5.74) is 3.25. The fourth-order valence-corrected chi connectivity index (χ4v) is 8.74. The zero-order chi connectivity index (χ0) is 32.0. The summed E-state index contributed by atoms with van der Waals surface area (Å²) in [5, 5.41) is 7.06. The monoisotopic (exact) mass is 613 g/mol. The molecule has 0 aromatic heterocycles. The van der Waals surface area contributed by atoms with E-state index in [4.69, 9.17) is 0 Å². The summed E-state index contributed by atoms with van der Waals surface area (Å²) < 4.78 is 0. The Morgan fingerprint density at radius 3 is 1.43 bits per heavy atom. The third kappa shape index (κ3) is 3.65. The van der Waals surface area contributed by atoms with Crippen LogP contribution >= 0.6 is 0 Å². The number of carbonyl (C=O) groups excluding carboxylic acids is 4. The first kappa shape index (κ1) is 28.9. The minimum absolute atomic E-state index is 0.160. The van der Waals surface area contributed by atoms with Crippen molar-refractivity contribution in [1.82, 2.24) is 9.80 Å². The van der Waals surface area contributed by atoms with Crippen LogP contribution in [0.4, 0.5) is 5.69 Å². The Kier molecular flexibility index (Phi) is 6.61. The molecule has 5 aromatic rings. The second-order valence-corrected chi connectivity index (χ2v) is 13.2. The van der Waals surface area contributed by atoms with E-state index in [0.29, 0.717) is 53.3 Å². The average molecular weight is 614 g/mol. The first-order valence-electron chi connectivity index (χ1n) is 17.1. The SMILES string of the molecule is CCC(CC)N1C(=O)c2ccc3c4ccc5c6c(cc(N7CCCCC7)c(c7ccc(c2c37)C1=O)c64)C(=O)N(C(CC)CC)C5=O. The van der Waals surface area contributed by atoms with E-state index in [-0.39, 0.29) is 35.7 Å². The van der Waals surface area contributed by atoms with Gasteiger partial charge in [-0.25, -0.2) is 0 Å². The molecule has 234 valence electrons.